The molecule has 1 N–H and O–H groups in total. The Morgan fingerprint density at radius 1 is 1.25 bits per heavy atom. The molecule has 1 fully saturated rings. The second-order valence-electron chi connectivity index (χ2n) is 6.11. The summed E-state index contributed by atoms with van der Waals surface area (Å²) in [4.78, 5) is 15.5. The molecule has 2 aromatic rings. The zero-order chi connectivity index (χ0) is 17.0. The summed E-state index contributed by atoms with van der Waals surface area (Å²) in [6.07, 6.45) is 4.19. The Morgan fingerprint density at radius 3 is 2.71 bits per heavy atom. The van der Waals surface area contributed by atoms with Crippen molar-refractivity contribution in [2.45, 2.75) is 30.8 Å². The first-order chi connectivity index (χ1) is 11.6. The van der Waals surface area contributed by atoms with Crippen molar-refractivity contribution < 1.29 is 14.3 Å². The van der Waals surface area contributed by atoms with Crippen LogP contribution in [0.1, 0.15) is 36.3 Å². The molecule has 24 heavy (non-hydrogen) atoms. The molecule has 1 aromatic heterocycles. The Kier molecular flexibility index (Phi) is 4.61. The molecule has 1 aliphatic rings. The van der Waals surface area contributed by atoms with Crippen LogP contribution in [0.25, 0.3) is 0 Å². The molecule has 0 amide bonds. The highest BCUT2D eigenvalue weighted by molar-refractivity contribution is 5.79. The Bertz CT molecular complexity index is 766. The van der Waals surface area contributed by atoms with Crippen LogP contribution in [-0.2, 0) is 4.79 Å². The molecular formula is C20H18FNO2. The first-order valence-corrected chi connectivity index (χ1v) is 7.98. The predicted octanol–water partition coefficient (Wildman–Crippen LogP) is 3.81. The van der Waals surface area contributed by atoms with Crippen LogP contribution in [0.3, 0.4) is 0 Å². The molecule has 1 aliphatic carbocycles. The van der Waals surface area contributed by atoms with Gasteiger partial charge in [0.25, 0.3) is 0 Å². The van der Waals surface area contributed by atoms with Crippen LogP contribution in [-0.4, -0.2) is 21.7 Å². The van der Waals surface area contributed by atoms with Gasteiger partial charge >= 0.3 is 5.97 Å². The van der Waals surface area contributed by atoms with Gasteiger partial charge in [-0.2, -0.15) is 0 Å². The molecule has 4 heteroatoms. The van der Waals surface area contributed by atoms with Gasteiger partial charge in [0.2, 0.25) is 5.67 Å². The van der Waals surface area contributed by atoms with Crippen LogP contribution in [0.2, 0.25) is 0 Å². The number of aliphatic carboxylic acids is 1. The summed E-state index contributed by atoms with van der Waals surface area (Å²) in [6.45, 7) is 0. The minimum absolute atomic E-state index is 0.0196. The van der Waals surface area contributed by atoms with Gasteiger partial charge in [0.05, 0.1) is 0 Å². The average Bonchev–Trinajstić information content (AvgIpc) is 2.62. The van der Waals surface area contributed by atoms with E-state index in [1.165, 1.54) is 0 Å². The zero-order valence-corrected chi connectivity index (χ0v) is 13.2. The van der Waals surface area contributed by atoms with E-state index in [1.807, 2.05) is 30.3 Å². The quantitative estimate of drug-likeness (QED) is 0.855. The Balaban J connectivity index is 1.85. The minimum atomic E-state index is -2.23. The monoisotopic (exact) mass is 323 g/mol. The van der Waals surface area contributed by atoms with Crippen molar-refractivity contribution in [3.63, 3.8) is 0 Å². The number of hydrogen-bond donors (Lipinski definition) is 1. The van der Waals surface area contributed by atoms with E-state index in [0.717, 1.165) is 11.1 Å². The van der Waals surface area contributed by atoms with Gasteiger partial charge in [-0.05, 0) is 37.0 Å². The van der Waals surface area contributed by atoms with Crippen LogP contribution in [0.5, 0.6) is 0 Å². The molecule has 3 atom stereocenters. The van der Waals surface area contributed by atoms with Crippen LogP contribution >= 0.6 is 0 Å². The van der Waals surface area contributed by atoms with Gasteiger partial charge in [0.1, 0.15) is 0 Å². The average molecular weight is 323 g/mol. The first-order valence-electron chi connectivity index (χ1n) is 7.98. The van der Waals surface area contributed by atoms with E-state index in [1.54, 1.807) is 24.5 Å². The Morgan fingerprint density at radius 2 is 2.04 bits per heavy atom. The highest BCUT2D eigenvalue weighted by Crippen LogP contribution is 2.46. The number of nitrogens with zero attached hydrogens (tertiary/aromatic N) is 1. The lowest BCUT2D eigenvalue weighted by Gasteiger charge is -2.37. The lowest BCUT2D eigenvalue weighted by molar-refractivity contribution is -0.155. The van der Waals surface area contributed by atoms with Crippen LogP contribution in [0, 0.1) is 17.8 Å². The van der Waals surface area contributed by atoms with Crippen molar-refractivity contribution >= 4 is 5.97 Å². The lowest BCUT2D eigenvalue weighted by Crippen LogP contribution is -2.44. The number of carbonyl (C=O) groups is 1. The highest BCUT2D eigenvalue weighted by Gasteiger charge is 2.50. The van der Waals surface area contributed by atoms with E-state index in [0.29, 0.717) is 12.8 Å². The van der Waals surface area contributed by atoms with Crippen molar-refractivity contribution in [3.05, 3.63) is 66.0 Å². The summed E-state index contributed by atoms with van der Waals surface area (Å²) in [5.74, 6) is 4.13. The van der Waals surface area contributed by atoms with E-state index < -0.39 is 17.6 Å². The number of carboxylic acid groups (broad SMARTS) is 1. The maximum absolute atomic E-state index is 15.1. The fraction of sp³-hybridized carbons (Fsp3) is 0.300. The van der Waals surface area contributed by atoms with E-state index in [4.69, 9.17) is 0 Å². The number of pyridine rings is 1. The second-order valence-corrected chi connectivity index (χ2v) is 6.11. The first kappa shape index (κ1) is 16.2. The van der Waals surface area contributed by atoms with Gasteiger partial charge in [0, 0.05) is 29.8 Å². The number of alkyl halides is 1. The number of benzene rings is 1. The molecule has 3 unspecified atom stereocenters. The number of rotatable bonds is 2. The molecule has 0 bridgehead atoms. The molecule has 0 radical (unpaired) electrons. The third kappa shape index (κ3) is 3.30. The molecule has 0 saturated heterocycles. The summed E-state index contributed by atoms with van der Waals surface area (Å²) < 4.78 is 15.1. The summed E-state index contributed by atoms with van der Waals surface area (Å²) in [7, 11) is 0. The Labute approximate surface area is 140 Å². The molecule has 3 nitrogen and oxygen atoms in total. The van der Waals surface area contributed by atoms with Crippen molar-refractivity contribution in [2.24, 2.45) is 5.92 Å². The minimum Gasteiger partial charge on any atom is -0.479 e. The molecule has 0 spiro atoms. The second kappa shape index (κ2) is 6.84. The maximum Gasteiger partial charge on any atom is 0.342 e. The van der Waals surface area contributed by atoms with Crippen molar-refractivity contribution in [2.75, 3.05) is 0 Å². The summed E-state index contributed by atoms with van der Waals surface area (Å²) in [5.41, 5.74) is -0.701. The fourth-order valence-corrected chi connectivity index (χ4v) is 3.24. The molecule has 0 aliphatic heterocycles. The third-order valence-corrected chi connectivity index (χ3v) is 4.57. The van der Waals surface area contributed by atoms with Crippen LogP contribution in [0.4, 0.5) is 4.39 Å². The summed E-state index contributed by atoms with van der Waals surface area (Å²) >= 11 is 0. The number of carboxylic acids is 1. The van der Waals surface area contributed by atoms with E-state index in [-0.39, 0.29) is 12.3 Å². The normalized spacial score (nSPS) is 26.2. The number of halogens is 1. The van der Waals surface area contributed by atoms with Crippen molar-refractivity contribution in [1.82, 2.24) is 4.98 Å². The molecule has 122 valence electrons. The van der Waals surface area contributed by atoms with Gasteiger partial charge in [-0.1, -0.05) is 42.2 Å². The van der Waals surface area contributed by atoms with Gasteiger partial charge in [-0.25, -0.2) is 9.18 Å². The van der Waals surface area contributed by atoms with Crippen molar-refractivity contribution in [3.8, 4) is 11.8 Å². The van der Waals surface area contributed by atoms with Crippen LogP contribution in [0.15, 0.2) is 54.9 Å². The summed E-state index contributed by atoms with van der Waals surface area (Å²) in [6, 6.07) is 12.7. The SMILES string of the molecule is O=C(O)C1(F)CCC(C#Cc2cccnc2)CC1c1ccccc1. The lowest BCUT2D eigenvalue weighted by atomic mass is 9.69. The van der Waals surface area contributed by atoms with Crippen LogP contribution < -0.4 is 0 Å². The predicted molar refractivity (Wildman–Crippen MR) is 89.1 cm³/mol. The van der Waals surface area contributed by atoms with E-state index in [2.05, 4.69) is 16.8 Å². The Hall–Kier alpha value is -2.67. The van der Waals surface area contributed by atoms with Gasteiger partial charge in [-0.3, -0.25) is 4.98 Å². The number of aromatic nitrogens is 1. The zero-order valence-electron chi connectivity index (χ0n) is 13.2. The highest BCUT2D eigenvalue weighted by atomic mass is 19.1. The summed E-state index contributed by atoms with van der Waals surface area (Å²) in [5, 5.41) is 9.40. The van der Waals surface area contributed by atoms with E-state index >= 15 is 4.39 Å². The van der Waals surface area contributed by atoms with Gasteiger partial charge < -0.3 is 5.11 Å². The van der Waals surface area contributed by atoms with Gasteiger partial charge in [-0.15, -0.1) is 0 Å². The fourth-order valence-electron chi connectivity index (χ4n) is 3.24. The van der Waals surface area contributed by atoms with E-state index in [9.17, 15) is 9.90 Å². The molecule has 1 heterocycles. The third-order valence-electron chi connectivity index (χ3n) is 4.57. The molecule has 1 saturated carbocycles. The van der Waals surface area contributed by atoms with Crippen molar-refractivity contribution in [1.29, 1.82) is 0 Å². The topological polar surface area (TPSA) is 50.2 Å². The molecule has 1 aromatic carbocycles. The smallest absolute Gasteiger partial charge is 0.342 e. The number of hydrogen-bond acceptors (Lipinski definition) is 2. The molecular weight excluding hydrogens is 305 g/mol. The maximum atomic E-state index is 15.1. The standard InChI is InChI=1S/C20H18FNO2/c21-20(19(23)24)11-10-15(8-9-16-5-4-12-22-14-16)13-18(20)17-6-2-1-3-7-17/h1-7,12,14-15,18H,10-11,13H2,(H,23,24). The largest absolute Gasteiger partial charge is 0.479 e. The molecule has 3 rings (SSSR count). The van der Waals surface area contributed by atoms with Gasteiger partial charge in [0.15, 0.2) is 0 Å².